The fraction of sp³-hybridized carbons (Fsp3) is 0.308. The van der Waals surface area contributed by atoms with Crippen LogP contribution in [-0.4, -0.2) is 26.5 Å². The number of pyridine rings is 1. The Morgan fingerprint density at radius 2 is 2.16 bits per heavy atom. The van der Waals surface area contributed by atoms with Crippen LogP contribution in [0, 0.1) is 11.6 Å². The van der Waals surface area contributed by atoms with Crippen molar-refractivity contribution in [2.75, 3.05) is 0 Å². The third-order valence-corrected chi connectivity index (χ3v) is 6.56. The molecule has 0 radical (unpaired) electrons. The number of nitrogens with zero attached hydrogens (tertiary/aromatic N) is 3. The highest BCUT2D eigenvalue weighted by Gasteiger charge is 2.39. The summed E-state index contributed by atoms with van der Waals surface area (Å²) in [5.74, 6) is -1.12. The van der Waals surface area contributed by atoms with Gasteiger partial charge in [-0.05, 0) is 56.4 Å². The van der Waals surface area contributed by atoms with Crippen molar-refractivity contribution in [2.24, 2.45) is 0 Å². The van der Waals surface area contributed by atoms with Gasteiger partial charge in [0, 0.05) is 30.2 Å². The largest absolute Gasteiger partial charge is 0.486 e. The van der Waals surface area contributed by atoms with Gasteiger partial charge in [-0.3, -0.25) is 9.78 Å². The van der Waals surface area contributed by atoms with Gasteiger partial charge in [0.05, 0.1) is 23.0 Å². The summed E-state index contributed by atoms with van der Waals surface area (Å²) in [4.78, 5) is 23.5. The molecule has 3 N–H and O–H groups in total. The summed E-state index contributed by atoms with van der Waals surface area (Å²) in [5, 5.41) is 16.6. The van der Waals surface area contributed by atoms with Gasteiger partial charge in [0.2, 0.25) is 6.41 Å². The lowest BCUT2D eigenvalue weighted by molar-refractivity contribution is -0.108. The van der Waals surface area contributed by atoms with E-state index in [1.165, 1.54) is 6.08 Å². The Kier molecular flexibility index (Phi) is 7.99. The molecule has 0 spiro atoms. The molecule has 37 heavy (non-hydrogen) atoms. The number of hydrogen-bond donors (Lipinski definition) is 3. The van der Waals surface area contributed by atoms with Gasteiger partial charge in [-0.2, -0.15) is 0 Å². The summed E-state index contributed by atoms with van der Waals surface area (Å²) in [7, 11) is 0. The van der Waals surface area contributed by atoms with Crippen LogP contribution < -0.4 is 10.6 Å². The van der Waals surface area contributed by atoms with E-state index in [1.807, 2.05) is 13.0 Å². The fourth-order valence-corrected chi connectivity index (χ4v) is 4.21. The van der Waals surface area contributed by atoms with Crippen LogP contribution in [0.1, 0.15) is 56.4 Å². The molecule has 1 amide bonds. The van der Waals surface area contributed by atoms with E-state index in [9.17, 15) is 18.7 Å². The minimum atomic E-state index is -1.00. The van der Waals surface area contributed by atoms with Crippen LogP contribution in [0.5, 0.6) is 0 Å². The Morgan fingerprint density at radius 1 is 1.38 bits per heavy atom. The predicted molar refractivity (Wildman–Crippen MR) is 132 cm³/mol. The van der Waals surface area contributed by atoms with Gasteiger partial charge in [-0.15, -0.1) is 0 Å². The van der Waals surface area contributed by atoms with Crippen LogP contribution in [0.3, 0.4) is 0 Å². The Balaban J connectivity index is 1.67. The van der Waals surface area contributed by atoms with E-state index in [1.54, 1.807) is 25.4 Å². The average molecular weight is 530 g/mol. The van der Waals surface area contributed by atoms with Crippen LogP contribution >= 0.6 is 11.6 Å². The lowest BCUT2D eigenvalue weighted by Crippen LogP contribution is -2.36. The summed E-state index contributed by atoms with van der Waals surface area (Å²) < 4.78 is 33.2. The molecular weight excluding hydrogens is 504 g/mol. The molecule has 194 valence electrons. The topological polar surface area (TPSA) is 109 Å². The third-order valence-electron chi connectivity index (χ3n) is 6.17. The molecule has 2 aliphatic rings. The van der Waals surface area contributed by atoms with Gasteiger partial charge < -0.3 is 20.5 Å². The van der Waals surface area contributed by atoms with E-state index in [4.69, 9.17) is 16.3 Å². The van der Waals surface area contributed by atoms with E-state index in [-0.39, 0.29) is 29.1 Å². The van der Waals surface area contributed by atoms with Gasteiger partial charge in [0.15, 0.2) is 11.6 Å². The zero-order valence-electron chi connectivity index (χ0n) is 20.3. The average Bonchev–Trinajstić information content (AvgIpc) is 2.86. The normalized spacial score (nSPS) is 19.5. The molecule has 8 nitrogen and oxygen atoms in total. The number of carbonyl (C=O) groups excluding carboxylic acids is 1. The van der Waals surface area contributed by atoms with Crippen molar-refractivity contribution in [1.82, 2.24) is 25.6 Å². The number of carbonyl (C=O) groups is 1. The smallest absolute Gasteiger partial charge is 0.211 e. The second-order valence-electron chi connectivity index (χ2n) is 8.88. The first-order chi connectivity index (χ1) is 17.7. The third kappa shape index (κ3) is 6.03. The molecule has 1 fully saturated rings. The highest BCUT2D eigenvalue weighted by Crippen LogP contribution is 2.39. The molecule has 4 rings (SSSR count). The standard InChI is InChI=1S/C26H26ClF2N5O3/c1-15-11-31-21(20-4-7-30-25(34-20)26(36)5-3-6-26)10-18(15)24(27)23(8-16(2)33-14-35)37-13-22-19(29)9-17(28)12-32-22/h4,7-12,14,21,31,36H,3,5-6,13H2,1-2H3,(H,33,35)/b16-8-,24-23-. The highest BCUT2D eigenvalue weighted by molar-refractivity contribution is 6.33. The number of nitrogens with one attached hydrogen (secondary N) is 2. The SMILES string of the molecule is CC1=CNC(c2ccnc(C3(O)CCC3)n2)C=C1/C(Cl)=C(\C=C(\C)NC=O)OCc1ncc(F)cc1F. The molecule has 1 aliphatic heterocycles. The van der Waals surface area contributed by atoms with E-state index in [0.29, 0.717) is 48.1 Å². The van der Waals surface area contributed by atoms with E-state index in [0.717, 1.165) is 18.2 Å². The van der Waals surface area contributed by atoms with Gasteiger partial charge in [-0.1, -0.05) is 11.6 Å². The van der Waals surface area contributed by atoms with Crippen molar-refractivity contribution in [3.05, 3.63) is 99.4 Å². The number of halogens is 3. The second-order valence-corrected chi connectivity index (χ2v) is 9.26. The Morgan fingerprint density at radius 3 is 2.84 bits per heavy atom. The first-order valence-electron chi connectivity index (χ1n) is 11.6. The van der Waals surface area contributed by atoms with Crippen molar-refractivity contribution in [3.63, 3.8) is 0 Å². The zero-order valence-corrected chi connectivity index (χ0v) is 21.0. The van der Waals surface area contributed by atoms with Crippen molar-refractivity contribution in [3.8, 4) is 0 Å². The minimum absolute atomic E-state index is 0.107. The van der Waals surface area contributed by atoms with Crippen LogP contribution in [0.15, 0.2) is 70.5 Å². The summed E-state index contributed by atoms with van der Waals surface area (Å²) in [6.07, 6.45) is 10.3. The van der Waals surface area contributed by atoms with E-state index in [2.05, 4.69) is 25.6 Å². The van der Waals surface area contributed by atoms with E-state index < -0.39 is 17.2 Å². The zero-order chi connectivity index (χ0) is 26.6. The summed E-state index contributed by atoms with van der Waals surface area (Å²) in [6, 6.07) is 2.09. The monoisotopic (exact) mass is 529 g/mol. The Hall–Kier alpha value is -3.63. The van der Waals surface area contributed by atoms with Crippen LogP contribution in [0.2, 0.25) is 0 Å². The molecule has 11 heteroatoms. The fourth-order valence-electron chi connectivity index (χ4n) is 3.89. The molecule has 0 aromatic carbocycles. The second kappa shape index (κ2) is 11.2. The summed E-state index contributed by atoms with van der Waals surface area (Å²) in [5.41, 5.74) is 1.37. The van der Waals surface area contributed by atoms with Crippen molar-refractivity contribution in [2.45, 2.75) is 51.4 Å². The van der Waals surface area contributed by atoms with Crippen molar-refractivity contribution in [1.29, 1.82) is 0 Å². The minimum Gasteiger partial charge on any atom is -0.486 e. The number of dihydropyridines is 1. The number of allylic oxidation sites excluding steroid dienone is 5. The lowest BCUT2D eigenvalue weighted by atomic mass is 9.79. The molecular formula is C26H26ClF2N5O3. The van der Waals surface area contributed by atoms with E-state index >= 15 is 0 Å². The highest BCUT2D eigenvalue weighted by atomic mass is 35.5. The number of ether oxygens (including phenoxy) is 1. The Labute approximate surface area is 217 Å². The first kappa shape index (κ1) is 26.4. The van der Waals surface area contributed by atoms with Crippen LogP contribution in [0.4, 0.5) is 8.78 Å². The lowest BCUT2D eigenvalue weighted by Gasteiger charge is -2.35. The van der Waals surface area contributed by atoms with Crippen LogP contribution in [-0.2, 0) is 21.7 Å². The maximum atomic E-state index is 14.1. The van der Waals surface area contributed by atoms with Crippen LogP contribution in [0.25, 0.3) is 0 Å². The van der Waals surface area contributed by atoms with Crippen molar-refractivity contribution >= 4 is 18.0 Å². The number of aromatic nitrogens is 3. The molecule has 2 aromatic rings. The van der Waals surface area contributed by atoms with Gasteiger partial charge in [-0.25, -0.2) is 18.7 Å². The molecule has 0 bridgehead atoms. The van der Waals surface area contributed by atoms with Gasteiger partial charge >= 0.3 is 0 Å². The first-order valence-corrected chi connectivity index (χ1v) is 12.0. The van der Waals surface area contributed by atoms with Gasteiger partial charge in [0.25, 0.3) is 0 Å². The maximum Gasteiger partial charge on any atom is 0.211 e. The molecule has 1 unspecified atom stereocenters. The van der Waals surface area contributed by atoms with Gasteiger partial charge in [0.1, 0.15) is 29.5 Å². The molecule has 3 heterocycles. The molecule has 1 aliphatic carbocycles. The Bertz CT molecular complexity index is 1320. The predicted octanol–water partition coefficient (Wildman–Crippen LogP) is 4.31. The number of hydrogen-bond acceptors (Lipinski definition) is 7. The molecule has 0 saturated heterocycles. The quantitative estimate of drug-likeness (QED) is 0.252. The number of amides is 1. The number of aliphatic hydroxyl groups is 1. The molecule has 1 saturated carbocycles. The molecule has 1 atom stereocenters. The van der Waals surface area contributed by atoms with Crippen molar-refractivity contribution < 1.29 is 23.4 Å². The number of rotatable bonds is 9. The molecule has 2 aromatic heterocycles. The summed E-state index contributed by atoms with van der Waals surface area (Å²) in [6.45, 7) is 3.15. The summed E-state index contributed by atoms with van der Waals surface area (Å²) >= 11 is 6.79. The maximum absolute atomic E-state index is 14.1.